The zero-order valence-electron chi connectivity index (χ0n) is 16.1. The van der Waals surface area contributed by atoms with Crippen LogP contribution in [0.2, 0.25) is 0 Å². The predicted molar refractivity (Wildman–Crippen MR) is 105 cm³/mol. The fourth-order valence-electron chi connectivity index (χ4n) is 2.52. The molecule has 0 aliphatic carbocycles. The maximum Gasteiger partial charge on any atom is 0.339 e. The van der Waals surface area contributed by atoms with E-state index < -0.39 is 17.6 Å². The van der Waals surface area contributed by atoms with Crippen LogP contribution in [0.5, 0.6) is 11.5 Å². The molecule has 9 heteroatoms. The van der Waals surface area contributed by atoms with E-state index in [4.69, 9.17) is 9.47 Å². The summed E-state index contributed by atoms with van der Waals surface area (Å²) < 4.78 is 37.5. The van der Waals surface area contributed by atoms with Crippen molar-refractivity contribution in [1.29, 1.82) is 0 Å². The summed E-state index contributed by atoms with van der Waals surface area (Å²) in [6.07, 6.45) is 1.20. The summed E-state index contributed by atoms with van der Waals surface area (Å²) in [4.78, 5) is 21.5. The number of nitrogens with zero attached hydrogens (tertiary/aromatic N) is 3. The van der Waals surface area contributed by atoms with Crippen LogP contribution < -0.4 is 14.4 Å². The first-order valence-electron chi connectivity index (χ1n) is 9.00. The van der Waals surface area contributed by atoms with Gasteiger partial charge in [0, 0.05) is 13.2 Å². The zero-order chi connectivity index (χ0) is 21.5. The Hall–Kier alpha value is -3.75. The Labute approximate surface area is 171 Å². The summed E-state index contributed by atoms with van der Waals surface area (Å²) in [5.74, 6) is -1.28. The standard InChI is InChI=1S/C21H19F2N3O4/c1-26(10-11-29-19-5-3-2-4-17(19)23)21-24-12-16(20(27)28)18(25-21)13-30-15-8-6-14(22)7-9-15/h2-9,12H,10-11,13H2,1H3,(H,27,28). The molecule has 30 heavy (non-hydrogen) atoms. The van der Waals surface area contributed by atoms with Gasteiger partial charge in [-0.25, -0.2) is 23.5 Å². The summed E-state index contributed by atoms with van der Waals surface area (Å²) in [7, 11) is 1.70. The Bertz CT molecular complexity index is 1020. The molecule has 0 aliphatic heterocycles. The summed E-state index contributed by atoms with van der Waals surface area (Å²) in [5.41, 5.74) is 0.0653. The number of ether oxygens (including phenoxy) is 2. The van der Waals surface area contributed by atoms with E-state index in [-0.39, 0.29) is 36.2 Å². The molecule has 0 unspecified atom stereocenters. The van der Waals surface area contributed by atoms with Crippen LogP contribution in [0, 0.1) is 11.6 Å². The third-order valence-corrected chi connectivity index (χ3v) is 4.14. The van der Waals surface area contributed by atoms with Gasteiger partial charge in [0.2, 0.25) is 5.95 Å². The van der Waals surface area contributed by atoms with E-state index in [0.29, 0.717) is 12.3 Å². The van der Waals surface area contributed by atoms with Crippen molar-refractivity contribution in [3.8, 4) is 11.5 Å². The van der Waals surface area contributed by atoms with Gasteiger partial charge in [-0.1, -0.05) is 12.1 Å². The number of carboxylic acid groups (broad SMARTS) is 1. The highest BCUT2D eigenvalue weighted by molar-refractivity contribution is 5.88. The Morgan fingerprint density at radius 3 is 2.53 bits per heavy atom. The van der Waals surface area contributed by atoms with Gasteiger partial charge in [-0.15, -0.1) is 0 Å². The lowest BCUT2D eigenvalue weighted by Gasteiger charge is -2.18. The van der Waals surface area contributed by atoms with Crippen LogP contribution in [0.1, 0.15) is 16.1 Å². The van der Waals surface area contributed by atoms with Crippen LogP contribution in [0.15, 0.2) is 54.7 Å². The van der Waals surface area contributed by atoms with Crippen LogP contribution in [0.4, 0.5) is 14.7 Å². The third kappa shape index (κ3) is 5.40. The number of rotatable bonds is 9. The Balaban J connectivity index is 1.66. The molecule has 1 aromatic heterocycles. The highest BCUT2D eigenvalue weighted by atomic mass is 19.1. The molecular formula is C21H19F2N3O4. The minimum absolute atomic E-state index is 0.100. The van der Waals surface area contributed by atoms with E-state index in [1.54, 1.807) is 24.1 Å². The van der Waals surface area contributed by atoms with Crippen molar-refractivity contribution >= 4 is 11.9 Å². The van der Waals surface area contributed by atoms with E-state index in [9.17, 15) is 18.7 Å². The Morgan fingerprint density at radius 2 is 1.83 bits per heavy atom. The van der Waals surface area contributed by atoms with E-state index in [0.717, 1.165) is 0 Å². The van der Waals surface area contributed by atoms with Crippen LogP contribution >= 0.6 is 0 Å². The summed E-state index contributed by atoms with van der Waals surface area (Å²) >= 11 is 0. The van der Waals surface area contributed by atoms with Gasteiger partial charge in [-0.05, 0) is 36.4 Å². The monoisotopic (exact) mass is 415 g/mol. The fraction of sp³-hybridized carbons (Fsp3) is 0.190. The second-order valence-corrected chi connectivity index (χ2v) is 6.28. The molecule has 1 N–H and O–H groups in total. The lowest BCUT2D eigenvalue weighted by Crippen LogP contribution is -2.26. The van der Waals surface area contributed by atoms with Gasteiger partial charge < -0.3 is 19.5 Å². The van der Waals surface area contributed by atoms with Crippen molar-refractivity contribution in [2.45, 2.75) is 6.61 Å². The molecule has 0 radical (unpaired) electrons. The topological polar surface area (TPSA) is 84.8 Å². The average molecular weight is 415 g/mol. The Morgan fingerprint density at radius 1 is 1.10 bits per heavy atom. The van der Waals surface area contributed by atoms with Gasteiger partial charge in [0.25, 0.3) is 0 Å². The number of likely N-dealkylation sites (N-methyl/N-ethyl adjacent to an activating group) is 1. The first-order chi connectivity index (χ1) is 14.4. The fourth-order valence-corrected chi connectivity index (χ4v) is 2.52. The van der Waals surface area contributed by atoms with E-state index in [1.807, 2.05) is 0 Å². The minimum atomic E-state index is -1.19. The molecule has 0 bridgehead atoms. The van der Waals surface area contributed by atoms with Gasteiger partial charge in [-0.2, -0.15) is 0 Å². The van der Waals surface area contributed by atoms with Crippen LogP contribution in [-0.4, -0.2) is 41.2 Å². The number of halogens is 2. The average Bonchev–Trinajstić information content (AvgIpc) is 2.74. The van der Waals surface area contributed by atoms with Gasteiger partial charge in [0.1, 0.15) is 30.3 Å². The van der Waals surface area contributed by atoms with E-state index >= 15 is 0 Å². The number of benzene rings is 2. The lowest BCUT2D eigenvalue weighted by atomic mass is 10.2. The first kappa shape index (κ1) is 21.0. The largest absolute Gasteiger partial charge is 0.489 e. The highest BCUT2D eigenvalue weighted by Gasteiger charge is 2.16. The lowest BCUT2D eigenvalue weighted by molar-refractivity contribution is 0.0692. The second kappa shape index (κ2) is 9.64. The number of anilines is 1. The van der Waals surface area contributed by atoms with Gasteiger partial charge in [-0.3, -0.25) is 0 Å². The molecule has 156 valence electrons. The van der Waals surface area contributed by atoms with E-state index in [2.05, 4.69) is 9.97 Å². The molecule has 7 nitrogen and oxygen atoms in total. The van der Waals surface area contributed by atoms with Crippen LogP contribution in [-0.2, 0) is 6.61 Å². The van der Waals surface area contributed by atoms with Crippen molar-refractivity contribution in [3.05, 3.63) is 77.6 Å². The summed E-state index contributed by atoms with van der Waals surface area (Å²) in [5, 5.41) is 9.37. The smallest absolute Gasteiger partial charge is 0.339 e. The number of para-hydroxylation sites is 1. The van der Waals surface area contributed by atoms with Crippen LogP contribution in [0.25, 0.3) is 0 Å². The molecule has 0 saturated heterocycles. The number of hydrogen-bond acceptors (Lipinski definition) is 6. The summed E-state index contributed by atoms with van der Waals surface area (Å²) in [6, 6.07) is 11.4. The first-order valence-corrected chi connectivity index (χ1v) is 9.00. The van der Waals surface area contributed by atoms with Crippen molar-refractivity contribution in [3.63, 3.8) is 0 Å². The predicted octanol–water partition coefficient (Wildman–Crippen LogP) is 3.55. The number of carboxylic acids is 1. The summed E-state index contributed by atoms with van der Waals surface area (Å²) in [6.45, 7) is 0.365. The molecule has 0 aliphatic rings. The number of aromatic carboxylic acids is 1. The molecule has 2 aromatic carbocycles. The molecule has 0 amide bonds. The molecule has 0 spiro atoms. The van der Waals surface area contributed by atoms with Crippen molar-refractivity contribution in [2.75, 3.05) is 25.1 Å². The van der Waals surface area contributed by atoms with Gasteiger partial charge >= 0.3 is 5.97 Å². The molecule has 1 heterocycles. The molecule has 0 fully saturated rings. The Kier molecular flexibility index (Phi) is 6.74. The van der Waals surface area contributed by atoms with Crippen molar-refractivity contribution in [2.24, 2.45) is 0 Å². The van der Waals surface area contributed by atoms with Crippen molar-refractivity contribution < 1.29 is 28.2 Å². The van der Waals surface area contributed by atoms with Gasteiger partial charge in [0.15, 0.2) is 11.6 Å². The number of aromatic nitrogens is 2. The molecule has 0 atom stereocenters. The maximum atomic E-state index is 13.6. The quantitative estimate of drug-likeness (QED) is 0.572. The molecule has 3 rings (SSSR count). The van der Waals surface area contributed by atoms with E-state index in [1.165, 1.54) is 42.6 Å². The highest BCUT2D eigenvalue weighted by Crippen LogP contribution is 2.18. The minimum Gasteiger partial charge on any atom is -0.489 e. The SMILES string of the molecule is CN(CCOc1ccccc1F)c1ncc(C(=O)O)c(COc2ccc(F)cc2)n1. The maximum absolute atomic E-state index is 13.6. The third-order valence-electron chi connectivity index (χ3n) is 4.14. The molecular weight excluding hydrogens is 396 g/mol. The van der Waals surface area contributed by atoms with Gasteiger partial charge in [0.05, 0.1) is 12.2 Å². The number of hydrogen-bond donors (Lipinski definition) is 1. The molecule has 3 aromatic rings. The van der Waals surface area contributed by atoms with Crippen molar-refractivity contribution in [1.82, 2.24) is 9.97 Å². The second-order valence-electron chi connectivity index (χ2n) is 6.28. The van der Waals surface area contributed by atoms with Crippen LogP contribution in [0.3, 0.4) is 0 Å². The zero-order valence-corrected chi connectivity index (χ0v) is 16.1. The normalized spacial score (nSPS) is 10.5. The number of carbonyl (C=O) groups is 1. The molecule has 0 saturated carbocycles.